The summed E-state index contributed by atoms with van der Waals surface area (Å²) < 4.78 is 0. The first-order valence-corrected chi connectivity index (χ1v) is 8.43. The first-order valence-electron chi connectivity index (χ1n) is 8.43. The summed E-state index contributed by atoms with van der Waals surface area (Å²) in [6.07, 6.45) is 2.61. The van der Waals surface area contributed by atoms with Gasteiger partial charge in [0.25, 0.3) is 0 Å². The van der Waals surface area contributed by atoms with Gasteiger partial charge >= 0.3 is 0 Å². The Labute approximate surface area is 138 Å². The van der Waals surface area contributed by atoms with E-state index in [1.807, 2.05) is 30.3 Å². The lowest BCUT2D eigenvalue weighted by atomic mass is 10.0. The Balaban J connectivity index is 1.88. The number of carbonyl (C=O) groups excluding carboxylic acids is 2. The quantitative estimate of drug-likeness (QED) is 0.807. The fourth-order valence-electron chi connectivity index (χ4n) is 3.21. The van der Waals surface area contributed by atoms with Gasteiger partial charge in [0.15, 0.2) is 0 Å². The van der Waals surface area contributed by atoms with E-state index in [-0.39, 0.29) is 24.3 Å². The van der Waals surface area contributed by atoms with Gasteiger partial charge < -0.3 is 10.6 Å². The highest BCUT2D eigenvalue weighted by molar-refractivity contribution is 5.79. The van der Waals surface area contributed by atoms with Crippen LogP contribution in [-0.2, 0) is 9.59 Å². The Morgan fingerprint density at radius 3 is 2.70 bits per heavy atom. The minimum atomic E-state index is -0.278. The van der Waals surface area contributed by atoms with Crippen LogP contribution in [0.2, 0.25) is 0 Å². The van der Waals surface area contributed by atoms with Crippen molar-refractivity contribution < 1.29 is 9.59 Å². The van der Waals surface area contributed by atoms with Crippen molar-refractivity contribution in [3.05, 3.63) is 35.9 Å². The van der Waals surface area contributed by atoms with Crippen LogP contribution in [0, 0.1) is 0 Å². The van der Waals surface area contributed by atoms with Crippen molar-refractivity contribution >= 4 is 11.8 Å². The van der Waals surface area contributed by atoms with Crippen molar-refractivity contribution in [3.63, 3.8) is 0 Å². The summed E-state index contributed by atoms with van der Waals surface area (Å²) in [6, 6.07) is 9.79. The zero-order valence-corrected chi connectivity index (χ0v) is 14.0. The van der Waals surface area contributed by atoms with Crippen molar-refractivity contribution in [1.29, 1.82) is 0 Å². The second kappa shape index (κ2) is 8.67. The molecule has 1 heterocycles. The second-order valence-electron chi connectivity index (χ2n) is 6.10. The summed E-state index contributed by atoms with van der Waals surface area (Å²) in [7, 11) is 0. The number of rotatable bonds is 7. The highest BCUT2D eigenvalue weighted by Gasteiger charge is 2.24. The highest BCUT2D eigenvalue weighted by atomic mass is 16.2. The van der Waals surface area contributed by atoms with E-state index in [2.05, 4.69) is 22.5 Å². The van der Waals surface area contributed by atoms with E-state index in [4.69, 9.17) is 0 Å². The van der Waals surface area contributed by atoms with Crippen LogP contribution in [-0.4, -0.2) is 42.4 Å². The van der Waals surface area contributed by atoms with Gasteiger partial charge in [0, 0.05) is 19.5 Å². The number of amides is 2. The van der Waals surface area contributed by atoms with Gasteiger partial charge in [0.2, 0.25) is 11.8 Å². The van der Waals surface area contributed by atoms with Gasteiger partial charge in [-0.15, -0.1) is 0 Å². The maximum Gasteiger partial charge on any atom is 0.222 e. The van der Waals surface area contributed by atoms with E-state index in [9.17, 15) is 9.59 Å². The molecule has 2 atom stereocenters. The number of hydrogen-bond acceptors (Lipinski definition) is 3. The lowest BCUT2D eigenvalue weighted by Gasteiger charge is -2.24. The van der Waals surface area contributed by atoms with Gasteiger partial charge in [-0.2, -0.15) is 0 Å². The van der Waals surface area contributed by atoms with Gasteiger partial charge in [-0.05, 0) is 31.5 Å². The molecule has 1 aliphatic rings. The molecule has 5 heteroatoms. The van der Waals surface area contributed by atoms with Gasteiger partial charge in [0.05, 0.1) is 12.5 Å². The molecule has 23 heavy (non-hydrogen) atoms. The number of nitrogens with zero attached hydrogens (tertiary/aromatic N) is 1. The molecule has 0 radical (unpaired) electrons. The predicted octanol–water partition coefficient (Wildman–Crippen LogP) is 1.85. The third-order valence-corrected chi connectivity index (χ3v) is 4.41. The van der Waals surface area contributed by atoms with Crippen molar-refractivity contribution in [2.45, 2.75) is 45.2 Å². The van der Waals surface area contributed by atoms with E-state index in [0.717, 1.165) is 25.1 Å². The average Bonchev–Trinajstić information content (AvgIpc) is 3.00. The molecule has 0 spiro atoms. The molecule has 0 saturated carbocycles. The summed E-state index contributed by atoms with van der Waals surface area (Å²) >= 11 is 0. The van der Waals surface area contributed by atoms with Crippen LogP contribution in [0.5, 0.6) is 0 Å². The molecule has 1 aromatic rings. The maximum absolute atomic E-state index is 12.3. The summed E-state index contributed by atoms with van der Waals surface area (Å²) in [5.74, 6) is -0.143. The minimum Gasteiger partial charge on any atom is -0.354 e. The van der Waals surface area contributed by atoms with Crippen molar-refractivity contribution in [2.75, 3.05) is 19.6 Å². The van der Waals surface area contributed by atoms with E-state index in [0.29, 0.717) is 12.6 Å². The molecule has 1 fully saturated rings. The zero-order valence-electron chi connectivity index (χ0n) is 14.0. The van der Waals surface area contributed by atoms with Crippen molar-refractivity contribution in [2.24, 2.45) is 0 Å². The summed E-state index contributed by atoms with van der Waals surface area (Å²) in [5.41, 5.74) is 0.953. The number of hydrogen-bond donors (Lipinski definition) is 2. The lowest BCUT2D eigenvalue weighted by molar-refractivity contribution is -0.123. The molecule has 0 bridgehead atoms. The Morgan fingerprint density at radius 1 is 1.30 bits per heavy atom. The van der Waals surface area contributed by atoms with Gasteiger partial charge in [-0.25, -0.2) is 0 Å². The first-order chi connectivity index (χ1) is 11.1. The van der Waals surface area contributed by atoms with Crippen molar-refractivity contribution in [1.82, 2.24) is 15.5 Å². The molecular weight excluding hydrogens is 290 g/mol. The molecule has 2 N–H and O–H groups in total. The molecule has 2 amide bonds. The lowest BCUT2D eigenvalue weighted by Crippen LogP contribution is -2.41. The molecule has 5 nitrogen and oxygen atoms in total. The molecule has 1 aromatic carbocycles. The minimum absolute atomic E-state index is 0.0180. The predicted molar refractivity (Wildman–Crippen MR) is 90.9 cm³/mol. The number of likely N-dealkylation sites (N-methyl/N-ethyl adjacent to an activating group) is 1. The van der Waals surface area contributed by atoms with E-state index in [1.165, 1.54) is 13.3 Å². The van der Waals surface area contributed by atoms with E-state index in [1.54, 1.807) is 0 Å². The van der Waals surface area contributed by atoms with Crippen LogP contribution in [0.4, 0.5) is 0 Å². The van der Waals surface area contributed by atoms with Crippen LogP contribution in [0.3, 0.4) is 0 Å². The maximum atomic E-state index is 12.3. The van der Waals surface area contributed by atoms with Crippen LogP contribution in [0.25, 0.3) is 0 Å². The SMILES string of the molecule is CCN1CCCC1CNC(=O)CC(NC(C)=O)c1ccccc1. The van der Waals surface area contributed by atoms with Crippen molar-refractivity contribution in [3.8, 4) is 0 Å². The van der Waals surface area contributed by atoms with Crippen LogP contribution < -0.4 is 10.6 Å². The third kappa shape index (κ3) is 5.36. The first kappa shape index (κ1) is 17.5. The zero-order chi connectivity index (χ0) is 16.7. The fraction of sp³-hybridized carbons (Fsp3) is 0.556. The average molecular weight is 317 g/mol. The molecule has 0 aliphatic carbocycles. The van der Waals surface area contributed by atoms with Crippen LogP contribution >= 0.6 is 0 Å². The Morgan fingerprint density at radius 2 is 2.04 bits per heavy atom. The third-order valence-electron chi connectivity index (χ3n) is 4.41. The molecule has 0 aromatic heterocycles. The highest BCUT2D eigenvalue weighted by Crippen LogP contribution is 2.18. The Hall–Kier alpha value is -1.88. The standard InChI is InChI=1S/C18H27N3O2/c1-3-21-11-7-10-16(21)13-19-18(23)12-17(20-14(2)22)15-8-5-4-6-9-15/h4-6,8-9,16-17H,3,7,10-13H2,1-2H3,(H,19,23)(H,20,22). The molecular formula is C18H27N3O2. The van der Waals surface area contributed by atoms with Gasteiger partial charge in [-0.3, -0.25) is 14.5 Å². The Bertz CT molecular complexity index is 518. The number of benzene rings is 1. The van der Waals surface area contributed by atoms with E-state index >= 15 is 0 Å². The second-order valence-corrected chi connectivity index (χ2v) is 6.10. The molecule has 1 saturated heterocycles. The normalized spacial score (nSPS) is 19.3. The van der Waals surface area contributed by atoms with Gasteiger partial charge in [-0.1, -0.05) is 37.3 Å². The van der Waals surface area contributed by atoms with Crippen LogP contribution in [0.1, 0.15) is 44.7 Å². The number of nitrogens with one attached hydrogen (secondary N) is 2. The van der Waals surface area contributed by atoms with E-state index < -0.39 is 0 Å². The fourth-order valence-corrected chi connectivity index (χ4v) is 3.21. The molecule has 2 rings (SSSR count). The number of likely N-dealkylation sites (tertiary alicyclic amines) is 1. The number of carbonyl (C=O) groups is 2. The smallest absolute Gasteiger partial charge is 0.222 e. The molecule has 2 unspecified atom stereocenters. The molecule has 1 aliphatic heterocycles. The van der Waals surface area contributed by atoms with Crippen LogP contribution in [0.15, 0.2) is 30.3 Å². The summed E-state index contributed by atoms with van der Waals surface area (Å²) in [4.78, 5) is 26.1. The summed E-state index contributed by atoms with van der Waals surface area (Å²) in [5, 5.41) is 5.90. The topological polar surface area (TPSA) is 61.4 Å². The monoisotopic (exact) mass is 317 g/mol. The van der Waals surface area contributed by atoms with Gasteiger partial charge in [0.1, 0.15) is 0 Å². The molecule has 126 valence electrons. The Kier molecular flexibility index (Phi) is 6.59. The summed E-state index contributed by atoms with van der Waals surface area (Å²) in [6.45, 7) is 6.47. The largest absolute Gasteiger partial charge is 0.354 e.